The van der Waals surface area contributed by atoms with E-state index in [1.54, 1.807) is 18.2 Å². The Morgan fingerprint density at radius 2 is 2.22 bits per heavy atom. The van der Waals surface area contributed by atoms with Crippen LogP contribution in [0.3, 0.4) is 0 Å². The maximum atomic E-state index is 11.4. The van der Waals surface area contributed by atoms with Crippen LogP contribution in [0.1, 0.15) is 17.5 Å². The number of nitrogens with two attached hydrogens (primary N) is 1. The topological polar surface area (TPSA) is 78.3 Å². The fourth-order valence-corrected chi connectivity index (χ4v) is 1.84. The summed E-state index contributed by atoms with van der Waals surface area (Å²) >= 11 is 6.02. The van der Waals surface area contributed by atoms with Crippen molar-refractivity contribution in [3.05, 3.63) is 29.0 Å². The lowest BCUT2D eigenvalue weighted by Gasteiger charge is -2.04. The number of methoxy groups -OCH3 is 1. The third-order valence-electron chi connectivity index (χ3n) is 2.39. The number of oxazole rings is 1. The molecule has 0 aliphatic heterocycles. The maximum absolute atomic E-state index is 11.4. The smallest absolute Gasteiger partial charge is 0.293 e. The molecule has 0 amide bonds. The molecule has 2 N–H and O–H groups in total. The third-order valence-corrected chi connectivity index (χ3v) is 2.68. The highest BCUT2D eigenvalue weighted by Gasteiger charge is 2.18. The molecule has 0 bridgehead atoms. The number of hydrogen-bond donors (Lipinski definition) is 1. The molecule has 0 radical (unpaired) electrons. The number of ether oxygens (including phenoxy) is 1. The molecule has 6 heteroatoms. The summed E-state index contributed by atoms with van der Waals surface area (Å²) in [7, 11) is 1.52. The van der Waals surface area contributed by atoms with Crippen LogP contribution in [0.2, 0.25) is 5.02 Å². The van der Waals surface area contributed by atoms with Gasteiger partial charge in [0.05, 0.1) is 12.1 Å². The van der Waals surface area contributed by atoms with Crippen LogP contribution in [-0.4, -0.2) is 17.9 Å². The van der Waals surface area contributed by atoms with E-state index in [0.29, 0.717) is 22.0 Å². The summed E-state index contributed by atoms with van der Waals surface area (Å²) in [4.78, 5) is 15.4. The van der Waals surface area contributed by atoms with Crippen molar-refractivity contribution >= 4 is 23.4 Å². The molecule has 0 aliphatic rings. The van der Waals surface area contributed by atoms with Crippen LogP contribution in [-0.2, 0) is 0 Å². The second-order valence-corrected chi connectivity index (χ2v) is 4.04. The van der Waals surface area contributed by atoms with Crippen LogP contribution < -0.4 is 10.5 Å². The Morgan fingerprint density at radius 1 is 1.50 bits per heavy atom. The number of carbonyl (C=O) groups excluding carboxylic acids is 1. The standard InChI is InChI=1S/C12H11ClN2O3/c1-6(16)11-10(15-12(14)18-11)7-3-4-9(17-2)8(13)5-7/h3-5H,1-2H3,(H2,14,15). The summed E-state index contributed by atoms with van der Waals surface area (Å²) in [6.07, 6.45) is 0. The Morgan fingerprint density at radius 3 is 2.78 bits per heavy atom. The molecule has 1 heterocycles. The Hall–Kier alpha value is -2.01. The first-order valence-electron chi connectivity index (χ1n) is 5.14. The summed E-state index contributed by atoms with van der Waals surface area (Å²) in [5, 5.41) is 0.422. The number of anilines is 1. The van der Waals surface area contributed by atoms with Crippen LogP contribution in [0.25, 0.3) is 11.3 Å². The Balaban J connectivity index is 2.55. The molecule has 2 aromatic rings. The van der Waals surface area contributed by atoms with Gasteiger partial charge in [-0.1, -0.05) is 11.6 Å². The average Bonchev–Trinajstić information content (AvgIpc) is 2.71. The van der Waals surface area contributed by atoms with Crippen molar-refractivity contribution in [1.82, 2.24) is 4.98 Å². The molecule has 0 saturated heterocycles. The summed E-state index contributed by atoms with van der Waals surface area (Å²) in [6, 6.07) is 5.01. The highest BCUT2D eigenvalue weighted by atomic mass is 35.5. The van der Waals surface area contributed by atoms with Crippen molar-refractivity contribution < 1.29 is 13.9 Å². The van der Waals surface area contributed by atoms with E-state index in [1.807, 2.05) is 0 Å². The van der Waals surface area contributed by atoms with Gasteiger partial charge in [-0.05, 0) is 18.2 Å². The molecule has 0 saturated carbocycles. The van der Waals surface area contributed by atoms with Crippen LogP contribution in [0, 0.1) is 0 Å². The Bertz CT molecular complexity index is 607. The molecular weight excluding hydrogens is 256 g/mol. The average molecular weight is 267 g/mol. The van der Waals surface area contributed by atoms with E-state index < -0.39 is 0 Å². The zero-order valence-corrected chi connectivity index (χ0v) is 10.6. The minimum atomic E-state index is -0.249. The van der Waals surface area contributed by atoms with E-state index in [4.69, 9.17) is 26.5 Å². The number of rotatable bonds is 3. The van der Waals surface area contributed by atoms with E-state index >= 15 is 0 Å². The normalized spacial score (nSPS) is 10.4. The van der Waals surface area contributed by atoms with Crippen LogP contribution in [0.15, 0.2) is 22.6 Å². The number of ketones is 1. The summed E-state index contributed by atoms with van der Waals surface area (Å²) < 4.78 is 10.1. The monoisotopic (exact) mass is 266 g/mol. The van der Waals surface area contributed by atoms with Gasteiger partial charge >= 0.3 is 0 Å². The number of aromatic nitrogens is 1. The molecule has 2 rings (SSSR count). The zero-order chi connectivity index (χ0) is 13.3. The summed E-state index contributed by atoms with van der Waals surface area (Å²) in [5.41, 5.74) is 6.49. The first-order valence-corrected chi connectivity index (χ1v) is 5.52. The molecule has 0 atom stereocenters. The predicted molar refractivity (Wildman–Crippen MR) is 67.9 cm³/mol. The predicted octanol–water partition coefficient (Wildman–Crippen LogP) is 2.79. The molecule has 94 valence electrons. The summed E-state index contributed by atoms with van der Waals surface area (Å²) in [6.45, 7) is 1.38. The first kappa shape index (κ1) is 12.4. The van der Waals surface area contributed by atoms with Crippen molar-refractivity contribution in [1.29, 1.82) is 0 Å². The van der Waals surface area contributed by atoms with Crippen LogP contribution >= 0.6 is 11.6 Å². The SMILES string of the molecule is COc1ccc(-c2nc(N)oc2C(C)=O)cc1Cl. The lowest BCUT2D eigenvalue weighted by atomic mass is 10.1. The van der Waals surface area contributed by atoms with Crippen molar-refractivity contribution in [2.24, 2.45) is 0 Å². The molecule has 1 aromatic heterocycles. The van der Waals surface area contributed by atoms with Crippen molar-refractivity contribution in [3.63, 3.8) is 0 Å². The number of carbonyl (C=O) groups is 1. The van der Waals surface area contributed by atoms with Gasteiger partial charge in [-0.2, -0.15) is 4.98 Å². The molecule has 1 aromatic carbocycles. The van der Waals surface area contributed by atoms with Gasteiger partial charge in [-0.15, -0.1) is 0 Å². The van der Waals surface area contributed by atoms with Crippen LogP contribution in [0.5, 0.6) is 5.75 Å². The third kappa shape index (κ3) is 2.17. The van der Waals surface area contributed by atoms with E-state index in [1.165, 1.54) is 14.0 Å². The van der Waals surface area contributed by atoms with E-state index in [-0.39, 0.29) is 17.6 Å². The van der Waals surface area contributed by atoms with E-state index in [0.717, 1.165) is 0 Å². The lowest BCUT2D eigenvalue weighted by molar-refractivity contribution is 0.0989. The van der Waals surface area contributed by atoms with Gasteiger partial charge in [-0.3, -0.25) is 4.79 Å². The minimum absolute atomic E-state index is 0.0536. The van der Waals surface area contributed by atoms with Gasteiger partial charge in [0.25, 0.3) is 6.01 Å². The number of Topliss-reactive ketones (excluding diaryl/α,β-unsaturated/α-hetero) is 1. The zero-order valence-electron chi connectivity index (χ0n) is 9.86. The second-order valence-electron chi connectivity index (χ2n) is 3.64. The van der Waals surface area contributed by atoms with Gasteiger partial charge < -0.3 is 14.9 Å². The first-order chi connectivity index (χ1) is 8.52. The van der Waals surface area contributed by atoms with Gasteiger partial charge in [0.15, 0.2) is 11.5 Å². The molecule has 0 unspecified atom stereocenters. The molecule has 0 fully saturated rings. The van der Waals surface area contributed by atoms with Crippen molar-refractivity contribution in [2.45, 2.75) is 6.92 Å². The highest BCUT2D eigenvalue weighted by molar-refractivity contribution is 6.32. The largest absolute Gasteiger partial charge is 0.495 e. The van der Waals surface area contributed by atoms with Gasteiger partial charge in [0.2, 0.25) is 0 Å². The highest BCUT2D eigenvalue weighted by Crippen LogP contribution is 2.32. The number of nitrogens with zero attached hydrogens (tertiary/aromatic N) is 1. The van der Waals surface area contributed by atoms with Gasteiger partial charge in [0, 0.05) is 12.5 Å². The Kier molecular flexibility index (Phi) is 3.25. The van der Waals surface area contributed by atoms with Crippen molar-refractivity contribution in [3.8, 4) is 17.0 Å². The van der Waals surface area contributed by atoms with Gasteiger partial charge in [-0.25, -0.2) is 0 Å². The van der Waals surface area contributed by atoms with Crippen LogP contribution in [0.4, 0.5) is 6.01 Å². The second kappa shape index (κ2) is 4.70. The van der Waals surface area contributed by atoms with Gasteiger partial charge in [0.1, 0.15) is 11.4 Å². The van der Waals surface area contributed by atoms with Crippen molar-refractivity contribution in [2.75, 3.05) is 12.8 Å². The van der Waals surface area contributed by atoms with E-state index in [2.05, 4.69) is 4.98 Å². The summed E-state index contributed by atoms with van der Waals surface area (Å²) in [5.74, 6) is 0.413. The number of hydrogen-bond acceptors (Lipinski definition) is 5. The Labute approximate surface area is 109 Å². The molecule has 0 aliphatic carbocycles. The lowest BCUT2D eigenvalue weighted by Crippen LogP contribution is -1.93. The minimum Gasteiger partial charge on any atom is -0.495 e. The molecule has 5 nitrogen and oxygen atoms in total. The number of halogens is 1. The molecule has 0 spiro atoms. The quantitative estimate of drug-likeness (QED) is 0.864. The maximum Gasteiger partial charge on any atom is 0.293 e. The molecule has 18 heavy (non-hydrogen) atoms. The fourth-order valence-electron chi connectivity index (χ4n) is 1.58. The molecular formula is C12H11ClN2O3. The fraction of sp³-hybridized carbons (Fsp3) is 0.167. The van der Waals surface area contributed by atoms with E-state index in [9.17, 15) is 4.79 Å². The number of benzene rings is 1. The number of nitrogen functional groups attached to an aromatic ring is 1.